The van der Waals surface area contributed by atoms with Crippen LogP contribution in [-0.2, 0) is 28.8 Å². The summed E-state index contributed by atoms with van der Waals surface area (Å²) in [5.74, 6) is -7.28. The maximum Gasteiger partial charge on any atom is 3.00 e. The summed E-state index contributed by atoms with van der Waals surface area (Å²) >= 11 is 0. The summed E-state index contributed by atoms with van der Waals surface area (Å²) in [6.45, 7) is 9.30. The van der Waals surface area contributed by atoms with Crippen molar-refractivity contribution in [2.75, 3.05) is 0 Å². The van der Waals surface area contributed by atoms with E-state index in [0.717, 1.165) is 0 Å². The van der Waals surface area contributed by atoms with Crippen molar-refractivity contribution in [1.29, 1.82) is 0 Å². The Morgan fingerprint density at radius 1 is 0.484 bits per heavy atom. The average Bonchev–Trinajstić information content (AvgIpc) is 2.62. The number of aliphatic carboxylic acids is 6. The molecule has 0 aromatic carbocycles. The zero-order chi connectivity index (χ0) is 24.4. The number of carbonyl (C=O) groups is 6. The number of carboxylic acids is 6. The van der Waals surface area contributed by atoms with Crippen LogP contribution in [-0.4, -0.2) is 68.5 Å². The van der Waals surface area contributed by atoms with Crippen LogP contribution in [0.1, 0.15) is 38.5 Å². The van der Waals surface area contributed by atoms with Gasteiger partial charge < -0.3 is 45.0 Å². The van der Waals surface area contributed by atoms with Crippen molar-refractivity contribution >= 4 is 53.2 Å². The van der Waals surface area contributed by atoms with E-state index < -0.39 is 35.8 Å². The van der Waals surface area contributed by atoms with E-state index in [-0.39, 0.29) is 72.6 Å². The Balaban J connectivity index is -0.000000174. The van der Waals surface area contributed by atoms with E-state index in [1.807, 2.05) is 0 Å². The fourth-order valence-corrected chi connectivity index (χ4v) is 1.08. The zero-order valence-electron chi connectivity index (χ0n) is 16.5. The van der Waals surface area contributed by atoms with Crippen molar-refractivity contribution in [2.24, 2.45) is 0 Å². The SMILES string of the molecule is C=C(CCC(=O)O)C(=O)[O-].C=C(CCC(=O)O)C(=O)[O-].C=C(CCC(=O)O)C(=O)[O-].[Al+3]. The molecule has 0 saturated carbocycles. The summed E-state index contributed by atoms with van der Waals surface area (Å²) in [5, 5.41) is 54.0. The van der Waals surface area contributed by atoms with Crippen LogP contribution < -0.4 is 15.3 Å². The second kappa shape index (κ2) is 19.9. The van der Waals surface area contributed by atoms with Crippen LogP contribution in [0.15, 0.2) is 36.5 Å². The summed E-state index contributed by atoms with van der Waals surface area (Å²) in [4.78, 5) is 59.3. The molecule has 0 spiro atoms. The van der Waals surface area contributed by atoms with Gasteiger partial charge in [0, 0.05) is 19.3 Å². The predicted molar refractivity (Wildman–Crippen MR) is 98.8 cm³/mol. The van der Waals surface area contributed by atoms with E-state index in [9.17, 15) is 44.1 Å². The minimum Gasteiger partial charge on any atom is -0.545 e. The first kappa shape index (κ1) is 35.0. The number of rotatable bonds is 12. The van der Waals surface area contributed by atoms with Crippen molar-refractivity contribution in [3.63, 3.8) is 0 Å². The molecule has 3 N–H and O–H groups in total. The molecule has 0 aromatic heterocycles. The second-order valence-corrected chi connectivity index (χ2v) is 5.35. The quantitative estimate of drug-likeness (QED) is 0.198. The molecule has 0 heterocycles. The van der Waals surface area contributed by atoms with E-state index >= 15 is 0 Å². The third kappa shape index (κ3) is 28.9. The van der Waals surface area contributed by atoms with Gasteiger partial charge in [-0.05, 0) is 36.0 Å². The van der Waals surface area contributed by atoms with Gasteiger partial charge in [-0.1, -0.05) is 19.7 Å². The third-order valence-electron chi connectivity index (χ3n) is 2.79. The van der Waals surface area contributed by atoms with Gasteiger partial charge >= 0.3 is 35.3 Å². The van der Waals surface area contributed by atoms with Crippen molar-refractivity contribution in [2.45, 2.75) is 38.5 Å². The molecule has 0 saturated heterocycles. The number of hydrogen-bond donors (Lipinski definition) is 3. The molecule has 12 nitrogen and oxygen atoms in total. The van der Waals surface area contributed by atoms with Gasteiger partial charge in [-0.3, -0.25) is 14.4 Å². The van der Waals surface area contributed by atoms with Gasteiger partial charge in [0.25, 0.3) is 0 Å². The molecule has 31 heavy (non-hydrogen) atoms. The zero-order valence-corrected chi connectivity index (χ0v) is 17.6. The van der Waals surface area contributed by atoms with Gasteiger partial charge in [-0.15, -0.1) is 0 Å². The Morgan fingerprint density at radius 3 is 0.742 bits per heavy atom. The van der Waals surface area contributed by atoms with Crippen LogP contribution in [0, 0.1) is 0 Å². The number of carbonyl (C=O) groups excluding carboxylic acids is 3. The number of carboxylic acid groups (broad SMARTS) is 6. The van der Waals surface area contributed by atoms with Crippen LogP contribution in [0.2, 0.25) is 0 Å². The second-order valence-electron chi connectivity index (χ2n) is 5.35. The van der Waals surface area contributed by atoms with Crippen LogP contribution in [0.3, 0.4) is 0 Å². The van der Waals surface area contributed by atoms with Crippen molar-refractivity contribution in [3.05, 3.63) is 36.5 Å². The van der Waals surface area contributed by atoms with Crippen molar-refractivity contribution in [1.82, 2.24) is 0 Å². The first-order chi connectivity index (χ1) is 13.6. The summed E-state index contributed by atoms with van der Waals surface area (Å²) in [5.41, 5.74) is -0.535. The van der Waals surface area contributed by atoms with Gasteiger partial charge in [0.2, 0.25) is 0 Å². The van der Waals surface area contributed by atoms with Crippen LogP contribution >= 0.6 is 0 Å². The van der Waals surface area contributed by atoms with E-state index in [1.54, 1.807) is 0 Å². The molecule has 0 aliphatic heterocycles. The smallest absolute Gasteiger partial charge is 0.545 e. The first-order valence-corrected chi connectivity index (χ1v) is 7.94. The largest absolute Gasteiger partial charge is 3.00 e. The minimum atomic E-state index is -1.39. The van der Waals surface area contributed by atoms with Gasteiger partial charge in [0.15, 0.2) is 0 Å². The molecule has 0 atom stereocenters. The van der Waals surface area contributed by atoms with E-state index in [1.165, 1.54) is 0 Å². The minimum absolute atomic E-state index is 0. The van der Waals surface area contributed by atoms with Gasteiger partial charge in [0.1, 0.15) is 0 Å². The Bertz CT molecular complexity index is 613. The Morgan fingerprint density at radius 2 is 0.645 bits per heavy atom. The molecule has 0 aliphatic rings. The standard InChI is InChI=1S/3C6H8O4.Al/c3*1-4(6(9)10)2-3-5(7)8;/h3*1-3H2,(H,7,8)(H,9,10);/q;;;+3/p-3. The van der Waals surface area contributed by atoms with E-state index in [4.69, 9.17) is 15.3 Å². The van der Waals surface area contributed by atoms with Crippen LogP contribution in [0.5, 0.6) is 0 Å². The summed E-state index contributed by atoms with van der Waals surface area (Å²) in [6, 6.07) is 0. The van der Waals surface area contributed by atoms with Gasteiger partial charge in [-0.2, -0.15) is 0 Å². The maximum atomic E-state index is 9.91. The molecule has 0 fully saturated rings. The molecular formula is C18H21AlO12. The van der Waals surface area contributed by atoms with Crippen LogP contribution in [0.25, 0.3) is 0 Å². The van der Waals surface area contributed by atoms with Gasteiger partial charge in [0.05, 0.1) is 17.9 Å². The Kier molecular flexibility index (Phi) is 22.5. The molecular weight excluding hydrogens is 435 g/mol. The molecule has 0 amide bonds. The third-order valence-corrected chi connectivity index (χ3v) is 2.79. The molecule has 0 aliphatic carbocycles. The van der Waals surface area contributed by atoms with Gasteiger partial charge in [-0.25, -0.2) is 0 Å². The van der Waals surface area contributed by atoms with E-state index in [0.29, 0.717) is 0 Å². The molecule has 168 valence electrons. The molecule has 0 bridgehead atoms. The number of hydrogen-bond acceptors (Lipinski definition) is 9. The summed E-state index contributed by atoms with van der Waals surface area (Å²) in [6.07, 6.45) is -0.820. The maximum absolute atomic E-state index is 9.91. The summed E-state index contributed by atoms with van der Waals surface area (Å²) < 4.78 is 0. The van der Waals surface area contributed by atoms with E-state index in [2.05, 4.69) is 19.7 Å². The molecule has 13 heteroatoms. The topological polar surface area (TPSA) is 232 Å². The Labute approximate surface area is 187 Å². The fraction of sp³-hybridized carbons (Fsp3) is 0.333. The fourth-order valence-electron chi connectivity index (χ4n) is 1.08. The Hall–Kier alpha value is -3.43. The normalized spacial score (nSPS) is 8.52. The first-order valence-electron chi connectivity index (χ1n) is 7.94. The monoisotopic (exact) mass is 456 g/mol. The average molecular weight is 456 g/mol. The molecule has 0 aromatic rings. The summed E-state index contributed by atoms with van der Waals surface area (Å²) in [7, 11) is 0. The predicted octanol–water partition coefficient (Wildman–Crippen LogP) is -2.91. The van der Waals surface area contributed by atoms with Crippen molar-refractivity contribution < 1.29 is 59.4 Å². The van der Waals surface area contributed by atoms with Crippen LogP contribution in [0.4, 0.5) is 0 Å². The molecule has 0 rings (SSSR count). The van der Waals surface area contributed by atoms with Crippen molar-refractivity contribution in [3.8, 4) is 0 Å². The molecule has 0 unspecified atom stereocenters. The molecule has 0 radical (unpaired) electrons.